The lowest BCUT2D eigenvalue weighted by Gasteiger charge is -2.08. The van der Waals surface area contributed by atoms with Crippen LogP contribution in [0.4, 0.5) is 0 Å². The SMILES string of the molecule is Cc1sc(Br)cc1C(O)CCCC(=O)O. The van der Waals surface area contributed by atoms with Crippen LogP contribution in [0.5, 0.6) is 0 Å². The summed E-state index contributed by atoms with van der Waals surface area (Å²) in [4.78, 5) is 11.4. The molecule has 3 nitrogen and oxygen atoms in total. The van der Waals surface area contributed by atoms with Crippen LogP contribution in [-0.4, -0.2) is 16.2 Å². The molecule has 0 saturated heterocycles. The summed E-state index contributed by atoms with van der Waals surface area (Å²) < 4.78 is 0.993. The van der Waals surface area contributed by atoms with E-state index >= 15 is 0 Å². The minimum atomic E-state index is -0.814. The first kappa shape index (κ1) is 12.7. The van der Waals surface area contributed by atoms with E-state index in [4.69, 9.17) is 5.11 Å². The first-order valence-corrected chi connectivity index (χ1v) is 6.27. The van der Waals surface area contributed by atoms with Gasteiger partial charge in [-0.15, -0.1) is 11.3 Å². The molecule has 0 spiro atoms. The Morgan fingerprint density at radius 3 is 2.80 bits per heavy atom. The number of aliphatic hydroxyl groups is 1. The van der Waals surface area contributed by atoms with E-state index in [0.29, 0.717) is 12.8 Å². The number of carboxylic acid groups (broad SMARTS) is 1. The van der Waals surface area contributed by atoms with Crippen LogP contribution in [0.15, 0.2) is 9.85 Å². The van der Waals surface area contributed by atoms with E-state index in [0.717, 1.165) is 14.2 Å². The Morgan fingerprint density at radius 2 is 2.33 bits per heavy atom. The number of hydrogen-bond acceptors (Lipinski definition) is 3. The van der Waals surface area contributed by atoms with Crippen LogP contribution in [-0.2, 0) is 4.79 Å². The zero-order valence-corrected chi connectivity index (χ0v) is 10.8. The van der Waals surface area contributed by atoms with Gasteiger partial charge in [0.2, 0.25) is 0 Å². The van der Waals surface area contributed by atoms with E-state index in [1.54, 1.807) is 11.3 Å². The van der Waals surface area contributed by atoms with E-state index in [1.165, 1.54) is 0 Å². The van der Waals surface area contributed by atoms with Crippen molar-refractivity contribution < 1.29 is 15.0 Å². The van der Waals surface area contributed by atoms with Gasteiger partial charge in [-0.05, 0) is 47.3 Å². The lowest BCUT2D eigenvalue weighted by molar-refractivity contribution is -0.137. The molecule has 1 heterocycles. The summed E-state index contributed by atoms with van der Waals surface area (Å²) in [5, 5.41) is 18.3. The van der Waals surface area contributed by atoms with Crippen LogP contribution in [0, 0.1) is 6.92 Å². The first-order chi connectivity index (χ1) is 7.00. The molecule has 15 heavy (non-hydrogen) atoms. The number of carbonyl (C=O) groups is 1. The molecule has 0 aliphatic carbocycles. The third kappa shape index (κ3) is 3.93. The van der Waals surface area contributed by atoms with Crippen molar-refractivity contribution in [2.45, 2.75) is 32.3 Å². The van der Waals surface area contributed by atoms with Gasteiger partial charge in [0, 0.05) is 11.3 Å². The van der Waals surface area contributed by atoms with Crippen LogP contribution in [0.3, 0.4) is 0 Å². The van der Waals surface area contributed by atoms with Crippen molar-refractivity contribution in [3.63, 3.8) is 0 Å². The van der Waals surface area contributed by atoms with Crippen LogP contribution in [0.2, 0.25) is 0 Å². The minimum absolute atomic E-state index is 0.113. The molecule has 0 fully saturated rings. The van der Waals surface area contributed by atoms with Crippen LogP contribution < -0.4 is 0 Å². The maximum Gasteiger partial charge on any atom is 0.303 e. The fraction of sp³-hybridized carbons (Fsp3) is 0.500. The molecule has 84 valence electrons. The molecule has 1 aromatic rings. The average molecular weight is 293 g/mol. The molecule has 0 aliphatic rings. The summed E-state index contributed by atoms with van der Waals surface area (Å²) >= 11 is 4.93. The molecule has 0 radical (unpaired) electrons. The number of aliphatic carboxylic acids is 1. The monoisotopic (exact) mass is 292 g/mol. The van der Waals surface area contributed by atoms with Gasteiger partial charge in [0.05, 0.1) is 9.89 Å². The zero-order valence-electron chi connectivity index (χ0n) is 8.36. The molecule has 0 amide bonds. The van der Waals surface area contributed by atoms with Gasteiger partial charge in [0.25, 0.3) is 0 Å². The lowest BCUT2D eigenvalue weighted by atomic mass is 10.1. The number of halogens is 1. The molecule has 1 atom stereocenters. The quantitative estimate of drug-likeness (QED) is 0.877. The highest BCUT2D eigenvalue weighted by Crippen LogP contribution is 2.32. The maximum atomic E-state index is 10.3. The van der Waals surface area contributed by atoms with E-state index in [9.17, 15) is 9.90 Å². The van der Waals surface area contributed by atoms with Crippen LogP contribution >= 0.6 is 27.3 Å². The summed E-state index contributed by atoms with van der Waals surface area (Å²) in [6.45, 7) is 1.95. The Labute approximate surface area is 101 Å². The van der Waals surface area contributed by atoms with Gasteiger partial charge < -0.3 is 10.2 Å². The highest BCUT2D eigenvalue weighted by molar-refractivity contribution is 9.11. The lowest BCUT2D eigenvalue weighted by Crippen LogP contribution is -2.00. The Hall–Kier alpha value is -0.390. The second-order valence-electron chi connectivity index (χ2n) is 3.36. The van der Waals surface area contributed by atoms with Crippen molar-refractivity contribution in [2.24, 2.45) is 0 Å². The van der Waals surface area contributed by atoms with E-state index in [2.05, 4.69) is 15.9 Å². The van der Waals surface area contributed by atoms with Gasteiger partial charge in [-0.3, -0.25) is 4.79 Å². The second-order valence-corrected chi connectivity index (χ2v) is 6.00. The summed E-state index contributed by atoms with van der Waals surface area (Å²) in [5.74, 6) is -0.814. The summed E-state index contributed by atoms with van der Waals surface area (Å²) in [5.41, 5.74) is 0.900. The smallest absolute Gasteiger partial charge is 0.303 e. The molecule has 5 heteroatoms. The van der Waals surface area contributed by atoms with Gasteiger partial charge >= 0.3 is 5.97 Å². The third-order valence-corrected chi connectivity index (χ3v) is 3.72. The normalized spacial score (nSPS) is 12.7. The van der Waals surface area contributed by atoms with Gasteiger partial charge in [-0.25, -0.2) is 0 Å². The second kappa shape index (κ2) is 5.63. The third-order valence-electron chi connectivity index (χ3n) is 2.15. The van der Waals surface area contributed by atoms with Gasteiger partial charge in [0.1, 0.15) is 0 Å². The Morgan fingerprint density at radius 1 is 1.67 bits per heavy atom. The van der Waals surface area contributed by atoms with E-state index in [1.807, 2.05) is 13.0 Å². The number of rotatable bonds is 5. The topological polar surface area (TPSA) is 57.5 Å². The van der Waals surface area contributed by atoms with Crippen molar-refractivity contribution in [1.29, 1.82) is 0 Å². The number of thiophene rings is 1. The fourth-order valence-electron chi connectivity index (χ4n) is 1.39. The number of aryl methyl sites for hydroxylation is 1. The van der Waals surface area contributed by atoms with Crippen molar-refractivity contribution in [3.8, 4) is 0 Å². The summed E-state index contributed by atoms with van der Waals surface area (Å²) in [6, 6.07) is 1.89. The minimum Gasteiger partial charge on any atom is -0.481 e. The number of aliphatic hydroxyl groups excluding tert-OH is 1. The largest absolute Gasteiger partial charge is 0.481 e. The molecule has 1 rings (SSSR count). The van der Waals surface area contributed by atoms with Crippen molar-refractivity contribution in [1.82, 2.24) is 0 Å². The average Bonchev–Trinajstić information content (AvgIpc) is 2.44. The van der Waals surface area contributed by atoms with Gasteiger partial charge in [-0.2, -0.15) is 0 Å². The van der Waals surface area contributed by atoms with Crippen molar-refractivity contribution in [2.75, 3.05) is 0 Å². The zero-order chi connectivity index (χ0) is 11.4. The predicted octanol–water partition coefficient (Wildman–Crippen LogP) is 3.11. The molecule has 1 aromatic heterocycles. The molecular weight excluding hydrogens is 280 g/mol. The molecule has 0 aromatic carbocycles. The maximum absolute atomic E-state index is 10.3. The molecule has 1 unspecified atom stereocenters. The van der Waals surface area contributed by atoms with Gasteiger partial charge in [0.15, 0.2) is 0 Å². The highest BCUT2D eigenvalue weighted by Gasteiger charge is 2.13. The number of carboxylic acids is 1. The summed E-state index contributed by atoms with van der Waals surface area (Å²) in [6.07, 6.45) is 0.563. The Balaban J connectivity index is 2.50. The Kier molecular flexibility index (Phi) is 4.76. The predicted molar refractivity (Wildman–Crippen MR) is 63.2 cm³/mol. The van der Waals surface area contributed by atoms with E-state index < -0.39 is 12.1 Å². The molecule has 0 aliphatic heterocycles. The standard InChI is InChI=1S/C10H13BrO3S/c1-6-7(5-9(11)15-6)8(12)3-2-4-10(13)14/h5,8,12H,2-4H2,1H3,(H,13,14). The van der Waals surface area contributed by atoms with Gasteiger partial charge in [-0.1, -0.05) is 0 Å². The molecule has 2 N–H and O–H groups in total. The van der Waals surface area contributed by atoms with Crippen molar-refractivity contribution in [3.05, 3.63) is 20.3 Å². The van der Waals surface area contributed by atoms with Crippen LogP contribution in [0.1, 0.15) is 35.8 Å². The highest BCUT2D eigenvalue weighted by atomic mass is 79.9. The molecule has 0 bridgehead atoms. The molecule has 0 saturated carbocycles. The first-order valence-electron chi connectivity index (χ1n) is 4.66. The fourth-order valence-corrected chi connectivity index (χ4v) is 3.16. The van der Waals surface area contributed by atoms with Crippen LogP contribution in [0.25, 0.3) is 0 Å². The molecular formula is C10H13BrO3S. The Bertz CT molecular complexity index is 348. The number of hydrogen-bond donors (Lipinski definition) is 2. The van der Waals surface area contributed by atoms with Crippen molar-refractivity contribution >= 4 is 33.2 Å². The summed E-state index contributed by atoms with van der Waals surface area (Å²) in [7, 11) is 0. The van der Waals surface area contributed by atoms with E-state index in [-0.39, 0.29) is 6.42 Å².